The van der Waals surface area contributed by atoms with E-state index < -0.39 is 0 Å². The van der Waals surface area contributed by atoms with Crippen LogP contribution < -0.4 is 4.74 Å². The van der Waals surface area contributed by atoms with Crippen LogP contribution >= 0.6 is 15.9 Å². The Kier molecular flexibility index (Phi) is 4.76. The second kappa shape index (κ2) is 6.33. The molecule has 2 rings (SSSR count). The minimum atomic E-state index is 0.386. The Morgan fingerprint density at radius 1 is 1.47 bits per heavy atom. The van der Waals surface area contributed by atoms with Crippen LogP contribution in [0.25, 0.3) is 0 Å². The van der Waals surface area contributed by atoms with Crippen molar-refractivity contribution in [2.45, 2.75) is 12.3 Å². The monoisotopic (exact) mass is 301 g/mol. The van der Waals surface area contributed by atoms with Crippen LogP contribution in [-0.4, -0.2) is 38.5 Å². The number of aromatic nitrogens is 1. The minimum absolute atomic E-state index is 0.386. The van der Waals surface area contributed by atoms with Gasteiger partial charge in [-0.3, -0.25) is 0 Å². The number of pyridine rings is 1. The Bertz CT molecular complexity index is 367. The predicted molar refractivity (Wildman–Crippen MR) is 67.5 cm³/mol. The fraction of sp³-hybridized carbons (Fsp3) is 0.583. The third kappa shape index (κ3) is 3.66. The summed E-state index contributed by atoms with van der Waals surface area (Å²) in [4.78, 5) is 4.47. The largest absolute Gasteiger partial charge is 0.491 e. The Morgan fingerprint density at radius 3 is 3.06 bits per heavy atom. The van der Waals surface area contributed by atoms with Crippen LogP contribution in [0.3, 0.4) is 0 Å². The van der Waals surface area contributed by atoms with Crippen LogP contribution in [0.5, 0.6) is 5.75 Å². The Labute approximate surface area is 109 Å². The molecule has 1 aliphatic rings. The van der Waals surface area contributed by atoms with Crippen molar-refractivity contribution in [2.24, 2.45) is 0 Å². The molecule has 0 radical (unpaired) electrons. The van der Waals surface area contributed by atoms with E-state index in [1.165, 1.54) is 0 Å². The van der Waals surface area contributed by atoms with Gasteiger partial charge in [-0.15, -0.1) is 0 Å². The molecular weight excluding hydrogens is 286 g/mol. The summed E-state index contributed by atoms with van der Waals surface area (Å²) in [5.74, 6) is 1.21. The van der Waals surface area contributed by atoms with E-state index in [0.29, 0.717) is 19.1 Å². The first kappa shape index (κ1) is 12.8. The molecule has 1 aromatic heterocycles. The number of nitrogens with zero attached hydrogens (tertiary/aromatic N) is 1. The van der Waals surface area contributed by atoms with E-state index in [9.17, 15) is 0 Å². The van der Waals surface area contributed by atoms with Gasteiger partial charge in [0.2, 0.25) is 0 Å². The normalized spacial score (nSPS) is 19.5. The molecule has 0 saturated carbocycles. The molecule has 1 saturated heterocycles. The van der Waals surface area contributed by atoms with E-state index in [1.54, 1.807) is 7.11 Å². The van der Waals surface area contributed by atoms with Crippen LogP contribution in [0.4, 0.5) is 0 Å². The quantitative estimate of drug-likeness (QED) is 0.618. The predicted octanol–water partition coefficient (Wildman–Crippen LogP) is 2.37. The molecule has 1 unspecified atom stereocenters. The molecule has 1 aromatic rings. The Balaban J connectivity index is 2.05. The highest BCUT2D eigenvalue weighted by Gasteiger charge is 2.20. The van der Waals surface area contributed by atoms with Gasteiger partial charge in [0.1, 0.15) is 17.0 Å². The molecule has 2 heterocycles. The third-order valence-electron chi connectivity index (χ3n) is 2.69. The standard InChI is InChI=1S/C12H16BrNO3/c1-15-4-5-17-10-6-11(14-12(13)7-10)9-2-3-16-8-9/h6-7,9H,2-5,8H2,1H3. The molecular formula is C12H16BrNO3. The summed E-state index contributed by atoms with van der Waals surface area (Å²) in [7, 11) is 1.66. The van der Waals surface area contributed by atoms with Crippen LogP contribution in [-0.2, 0) is 9.47 Å². The molecule has 5 heteroatoms. The van der Waals surface area contributed by atoms with Crippen molar-refractivity contribution >= 4 is 15.9 Å². The highest BCUT2D eigenvalue weighted by atomic mass is 79.9. The smallest absolute Gasteiger partial charge is 0.123 e. The molecule has 0 bridgehead atoms. The van der Waals surface area contributed by atoms with Gasteiger partial charge in [-0.1, -0.05) is 0 Å². The zero-order valence-electron chi connectivity index (χ0n) is 9.82. The fourth-order valence-corrected chi connectivity index (χ4v) is 2.23. The van der Waals surface area contributed by atoms with Crippen molar-refractivity contribution in [3.63, 3.8) is 0 Å². The minimum Gasteiger partial charge on any atom is -0.491 e. The summed E-state index contributed by atoms with van der Waals surface area (Å²) in [5, 5.41) is 0. The Hall–Kier alpha value is -0.650. The van der Waals surface area contributed by atoms with Crippen molar-refractivity contribution in [3.8, 4) is 5.75 Å². The van der Waals surface area contributed by atoms with Crippen molar-refractivity contribution in [1.29, 1.82) is 0 Å². The van der Waals surface area contributed by atoms with E-state index in [4.69, 9.17) is 14.2 Å². The van der Waals surface area contributed by atoms with Crippen LogP contribution in [0, 0.1) is 0 Å². The second-order valence-electron chi connectivity index (χ2n) is 3.95. The zero-order chi connectivity index (χ0) is 12.1. The van der Waals surface area contributed by atoms with Gasteiger partial charge in [0.25, 0.3) is 0 Å². The average molecular weight is 302 g/mol. The van der Waals surface area contributed by atoms with Gasteiger partial charge < -0.3 is 14.2 Å². The molecule has 0 aromatic carbocycles. The highest BCUT2D eigenvalue weighted by molar-refractivity contribution is 9.10. The lowest BCUT2D eigenvalue weighted by molar-refractivity contribution is 0.146. The molecule has 4 nitrogen and oxygen atoms in total. The van der Waals surface area contributed by atoms with Gasteiger partial charge in [0.05, 0.1) is 18.9 Å². The topological polar surface area (TPSA) is 40.6 Å². The third-order valence-corrected chi connectivity index (χ3v) is 3.10. The number of rotatable bonds is 5. The summed E-state index contributed by atoms with van der Waals surface area (Å²) in [6.45, 7) is 2.70. The van der Waals surface area contributed by atoms with Gasteiger partial charge in [-0.25, -0.2) is 4.98 Å². The summed E-state index contributed by atoms with van der Waals surface area (Å²) in [6.07, 6.45) is 1.03. The van der Waals surface area contributed by atoms with Crippen molar-refractivity contribution in [3.05, 3.63) is 22.4 Å². The van der Waals surface area contributed by atoms with E-state index in [2.05, 4.69) is 20.9 Å². The van der Waals surface area contributed by atoms with Gasteiger partial charge in [0.15, 0.2) is 0 Å². The molecule has 1 aliphatic heterocycles. The zero-order valence-corrected chi connectivity index (χ0v) is 11.4. The van der Waals surface area contributed by atoms with Crippen LogP contribution in [0.15, 0.2) is 16.7 Å². The molecule has 0 N–H and O–H groups in total. The van der Waals surface area contributed by atoms with Crippen molar-refractivity contribution in [1.82, 2.24) is 4.98 Å². The summed E-state index contributed by atoms with van der Waals surface area (Å²) in [6, 6.07) is 3.86. The molecule has 0 amide bonds. The second-order valence-corrected chi connectivity index (χ2v) is 4.76. The number of halogens is 1. The maximum Gasteiger partial charge on any atom is 0.123 e. The molecule has 0 aliphatic carbocycles. The van der Waals surface area contributed by atoms with Crippen molar-refractivity contribution < 1.29 is 14.2 Å². The van der Waals surface area contributed by atoms with Gasteiger partial charge in [-0.2, -0.15) is 0 Å². The van der Waals surface area contributed by atoms with E-state index in [1.807, 2.05) is 12.1 Å². The lowest BCUT2D eigenvalue weighted by Gasteiger charge is -2.11. The summed E-state index contributed by atoms with van der Waals surface area (Å²) in [5.41, 5.74) is 1.03. The molecule has 94 valence electrons. The van der Waals surface area contributed by atoms with E-state index in [0.717, 1.165) is 35.7 Å². The maximum atomic E-state index is 5.59. The van der Waals surface area contributed by atoms with Crippen molar-refractivity contribution in [2.75, 3.05) is 33.5 Å². The SMILES string of the molecule is COCCOc1cc(Br)nc(C2CCOC2)c1. The summed E-state index contributed by atoms with van der Waals surface area (Å²) >= 11 is 3.41. The molecule has 0 spiro atoms. The lowest BCUT2D eigenvalue weighted by Crippen LogP contribution is -2.06. The molecule has 1 atom stereocenters. The van der Waals surface area contributed by atoms with Crippen LogP contribution in [0.2, 0.25) is 0 Å². The molecule has 1 fully saturated rings. The number of hydrogen-bond donors (Lipinski definition) is 0. The van der Waals surface area contributed by atoms with Gasteiger partial charge in [-0.05, 0) is 22.4 Å². The first-order valence-corrected chi connectivity index (χ1v) is 6.46. The van der Waals surface area contributed by atoms with Gasteiger partial charge in [0, 0.05) is 31.8 Å². The molecule has 17 heavy (non-hydrogen) atoms. The van der Waals surface area contributed by atoms with Crippen LogP contribution in [0.1, 0.15) is 18.0 Å². The summed E-state index contributed by atoms with van der Waals surface area (Å²) < 4.78 is 16.7. The van der Waals surface area contributed by atoms with Gasteiger partial charge >= 0.3 is 0 Å². The average Bonchev–Trinajstić information content (AvgIpc) is 2.82. The maximum absolute atomic E-state index is 5.59. The highest BCUT2D eigenvalue weighted by Crippen LogP contribution is 2.28. The van der Waals surface area contributed by atoms with E-state index >= 15 is 0 Å². The number of ether oxygens (including phenoxy) is 3. The fourth-order valence-electron chi connectivity index (χ4n) is 1.80. The lowest BCUT2D eigenvalue weighted by atomic mass is 10.0. The Morgan fingerprint density at radius 2 is 2.35 bits per heavy atom. The number of methoxy groups -OCH3 is 1. The van der Waals surface area contributed by atoms with E-state index in [-0.39, 0.29) is 0 Å². The first-order valence-electron chi connectivity index (χ1n) is 5.66. The number of hydrogen-bond acceptors (Lipinski definition) is 4. The first-order chi connectivity index (χ1) is 8.29.